The van der Waals surface area contributed by atoms with Gasteiger partial charge < -0.3 is 14.0 Å². The highest BCUT2D eigenvalue weighted by Gasteiger charge is 2.15. The van der Waals surface area contributed by atoms with Crippen LogP contribution >= 0.6 is 11.6 Å². The third kappa shape index (κ3) is 2.10. The van der Waals surface area contributed by atoms with Crippen LogP contribution in [0.1, 0.15) is 11.4 Å². The molecule has 3 heterocycles. The van der Waals surface area contributed by atoms with E-state index in [0.29, 0.717) is 12.4 Å². The quantitative estimate of drug-likeness (QED) is 0.698. The Balaban J connectivity index is 1.77. The van der Waals surface area contributed by atoms with Gasteiger partial charge in [0.1, 0.15) is 11.3 Å². The van der Waals surface area contributed by atoms with Crippen LogP contribution in [0.5, 0.6) is 11.5 Å². The molecule has 0 N–H and O–H groups in total. The van der Waals surface area contributed by atoms with Gasteiger partial charge in [-0.15, -0.1) is 11.6 Å². The summed E-state index contributed by atoms with van der Waals surface area (Å²) < 4.78 is 12.8. The second kappa shape index (κ2) is 4.93. The predicted octanol–water partition coefficient (Wildman–Crippen LogP) is 2.95. The molecule has 1 aliphatic rings. The molecule has 0 aliphatic carbocycles. The molecule has 106 valence electrons. The molecule has 1 aromatic carbocycles. The fourth-order valence-corrected chi connectivity index (χ4v) is 2.70. The number of nitrogens with zero attached hydrogens (tertiary/aromatic N) is 3. The molecule has 4 rings (SSSR count). The number of fused-ring (bicyclic) bond motifs is 2. The molecular weight excluding hydrogens is 290 g/mol. The standard InChI is InChI=1S/C15H12ClN3O2/c16-7-14-18-11-2-1-5-17-15(11)19(14)8-10-3-4-12-13(6-10)21-9-20-12/h1-6H,7-9H2. The average molecular weight is 302 g/mol. The number of pyridine rings is 1. The minimum Gasteiger partial charge on any atom is -0.454 e. The van der Waals surface area contributed by atoms with Gasteiger partial charge in [0, 0.05) is 6.20 Å². The van der Waals surface area contributed by atoms with E-state index in [0.717, 1.165) is 34.1 Å². The van der Waals surface area contributed by atoms with Crippen LogP contribution in [-0.4, -0.2) is 21.3 Å². The van der Waals surface area contributed by atoms with Crippen LogP contribution in [-0.2, 0) is 12.4 Å². The zero-order valence-electron chi connectivity index (χ0n) is 11.1. The lowest BCUT2D eigenvalue weighted by Crippen LogP contribution is -2.04. The van der Waals surface area contributed by atoms with E-state index in [2.05, 4.69) is 9.97 Å². The van der Waals surface area contributed by atoms with Gasteiger partial charge in [0.15, 0.2) is 17.1 Å². The van der Waals surface area contributed by atoms with Gasteiger partial charge in [0.05, 0.1) is 12.4 Å². The van der Waals surface area contributed by atoms with Crippen molar-refractivity contribution in [1.82, 2.24) is 14.5 Å². The molecule has 6 heteroatoms. The van der Waals surface area contributed by atoms with Gasteiger partial charge in [0.25, 0.3) is 0 Å². The van der Waals surface area contributed by atoms with Gasteiger partial charge in [-0.3, -0.25) is 0 Å². The summed E-state index contributed by atoms with van der Waals surface area (Å²) in [6.07, 6.45) is 1.76. The van der Waals surface area contributed by atoms with Crippen LogP contribution in [0.25, 0.3) is 11.2 Å². The Hall–Kier alpha value is -2.27. The van der Waals surface area contributed by atoms with Crippen molar-refractivity contribution in [3.05, 3.63) is 47.9 Å². The molecule has 0 spiro atoms. The first-order valence-electron chi connectivity index (χ1n) is 6.60. The van der Waals surface area contributed by atoms with Crippen molar-refractivity contribution in [3.8, 4) is 11.5 Å². The number of benzene rings is 1. The molecule has 0 atom stereocenters. The normalized spacial score (nSPS) is 13.0. The fourth-order valence-electron chi connectivity index (χ4n) is 2.50. The van der Waals surface area contributed by atoms with Crippen molar-refractivity contribution in [2.75, 3.05) is 6.79 Å². The Morgan fingerprint density at radius 2 is 2.10 bits per heavy atom. The summed E-state index contributed by atoms with van der Waals surface area (Å²) >= 11 is 6.01. The highest BCUT2D eigenvalue weighted by Crippen LogP contribution is 2.33. The van der Waals surface area contributed by atoms with Crippen molar-refractivity contribution >= 4 is 22.8 Å². The largest absolute Gasteiger partial charge is 0.454 e. The van der Waals surface area contributed by atoms with E-state index in [4.69, 9.17) is 21.1 Å². The molecule has 21 heavy (non-hydrogen) atoms. The minimum atomic E-state index is 0.279. The second-order valence-electron chi connectivity index (χ2n) is 4.78. The fraction of sp³-hybridized carbons (Fsp3) is 0.200. The maximum Gasteiger partial charge on any atom is 0.231 e. The van der Waals surface area contributed by atoms with Crippen molar-refractivity contribution in [2.24, 2.45) is 0 Å². The maximum absolute atomic E-state index is 6.01. The lowest BCUT2D eigenvalue weighted by atomic mass is 10.2. The van der Waals surface area contributed by atoms with Gasteiger partial charge in [-0.25, -0.2) is 9.97 Å². The first-order chi connectivity index (χ1) is 10.3. The van der Waals surface area contributed by atoms with Crippen molar-refractivity contribution in [3.63, 3.8) is 0 Å². The molecule has 0 bridgehead atoms. The van der Waals surface area contributed by atoms with E-state index < -0.39 is 0 Å². The molecule has 1 aliphatic heterocycles. The second-order valence-corrected chi connectivity index (χ2v) is 5.05. The average Bonchev–Trinajstić information content (AvgIpc) is 3.11. The van der Waals surface area contributed by atoms with E-state index in [9.17, 15) is 0 Å². The Labute approximate surface area is 126 Å². The summed E-state index contributed by atoms with van der Waals surface area (Å²) in [5.74, 6) is 2.71. The van der Waals surface area contributed by atoms with Crippen LogP contribution in [0, 0.1) is 0 Å². The summed E-state index contributed by atoms with van der Waals surface area (Å²) in [5.41, 5.74) is 2.79. The first-order valence-corrected chi connectivity index (χ1v) is 7.13. The van der Waals surface area contributed by atoms with Crippen LogP contribution in [0.2, 0.25) is 0 Å². The Bertz CT molecular complexity index is 816. The molecule has 5 nitrogen and oxygen atoms in total. The third-order valence-electron chi connectivity index (χ3n) is 3.48. The van der Waals surface area contributed by atoms with E-state index in [1.807, 2.05) is 34.9 Å². The lowest BCUT2D eigenvalue weighted by Gasteiger charge is -2.08. The van der Waals surface area contributed by atoms with Crippen LogP contribution in [0.4, 0.5) is 0 Å². The molecule has 0 saturated heterocycles. The van der Waals surface area contributed by atoms with Gasteiger partial charge in [0.2, 0.25) is 6.79 Å². The Morgan fingerprint density at radius 3 is 3.00 bits per heavy atom. The number of alkyl halides is 1. The van der Waals surface area contributed by atoms with E-state index in [1.165, 1.54) is 0 Å². The van der Waals surface area contributed by atoms with E-state index in [-0.39, 0.29) is 6.79 Å². The zero-order valence-corrected chi connectivity index (χ0v) is 11.9. The third-order valence-corrected chi connectivity index (χ3v) is 3.72. The van der Waals surface area contributed by atoms with Gasteiger partial charge in [-0.05, 0) is 29.8 Å². The predicted molar refractivity (Wildman–Crippen MR) is 78.8 cm³/mol. The number of rotatable bonds is 3. The van der Waals surface area contributed by atoms with Crippen molar-refractivity contribution in [1.29, 1.82) is 0 Å². The van der Waals surface area contributed by atoms with Gasteiger partial charge in [-0.2, -0.15) is 0 Å². The summed E-state index contributed by atoms with van der Waals surface area (Å²) in [7, 11) is 0. The van der Waals surface area contributed by atoms with Crippen molar-refractivity contribution in [2.45, 2.75) is 12.4 Å². The number of imidazole rings is 1. The van der Waals surface area contributed by atoms with E-state index in [1.54, 1.807) is 6.20 Å². The summed E-state index contributed by atoms with van der Waals surface area (Å²) in [5, 5.41) is 0. The van der Waals surface area contributed by atoms with E-state index >= 15 is 0 Å². The maximum atomic E-state index is 6.01. The topological polar surface area (TPSA) is 49.2 Å². The number of ether oxygens (including phenoxy) is 2. The van der Waals surface area contributed by atoms with Gasteiger partial charge in [-0.1, -0.05) is 6.07 Å². The Kier molecular flexibility index (Phi) is 2.93. The summed E-state index contributed by atoms with van der Waals surface area (Å²) in [4.78, 5) is 8.92. The molecule has 3 aromatic rings. The molecule has 0 amide bonds. The minimum absolute atomic E-state index is 0.279. The molecule has 2 aromatic heterocycles. The Morgan fingerprint density at radius 1 is 1.19 bits per heavy atom. The summed E-state index contributed by atoms with van der Waals surface area (Å²) in [6, 6.07) is 9.73. The van der Waals surface area contributed by atoms with Crippen LogP contribution < -0.4 is 9.47 Å². The van der Waals surface area contributed by atoms with Crippen LogP contribution in [0.3, 0.4) is 0 Å². The number of hydrogen-bond donors (Lipinski definition) is 0. The molecule has 0 unspecified atom stereocenters. The number of hydrogen-bond acceptors (Lipinski definition) is 4. The first kappa shape index (κ1) is 12.5. The highest BCUT2D eigenvalue weighted by atomic mass is 35.5. The highest BCUT2D eigenvalue weighted by molar-refractivity contribution is 6.16. The lowest BCUT2D eigenvalue weighted by molar-refractivity contribution is 0.174. The molecule has 0 saturated carbocycles. The smallest absolute Gasteiger partial charge is 0.231 e. The monoisotopic (exact) mass is 301 g/mol. The molecular formula is C15H12ClN3O2. The molecule has 0 radical (unpaired) electrons. The number of halogens is 1. The van der Waals surface area contributed by atoms with Crippen molar-refractivity contribution < 1.29 is 9.47 Å². The summed E-state index contributed by atoms with van der Waals surface area (Å²) in [6.45, 7) is 0.924. The zero-order chi connectivity index (χ0) is 14.2. The van der Waals surface area contributed by atoms with Gasteiger partial charge >= 0.3 is 0 Å². The SMILES string of the molecule is ClCc1nc2cccnc2n1Cc1ccc2c(c1)OCO2. The number of aromatic nitrogens is 3. The van der Waals surface area contributed by atoms with Crippen LogP contribution in [0.15, 0.2) is 36.5 Å². The molecule has 0 fully saturated rings.